The molecule has 0 radical (unpaired) electrons. The number of aliphatic hydroxyl groups excluding tert-OH is 1. The molecule has 0 saturated carbocycles. The van der Waals surface area contributed by atoms with E-state index in [0.29, 0.717) is 23.1 Å². The first-order valence-corrected chi connectivity index (χ1v) is 9.98. The number of pyridine rings is 1. The highest BCUT2D eigenvalue weighted by molar-refractivity contribution is 6.17. The zero-order valence-electron chi connectivity index (χ0n) is 16.7. The van der Waals surface area contributed by atoms with E-state index in [1.54, 1.807) is 13.0 Å². The zero-order chi connectivity index (χ0) is 20.3. The Balaban J connectivity index is 1.97. The first kappa shape index (κ1) is 20.1. The van der Waals surface area contributed by atoms with E-state index in [9.17, 15) is 14.7 Å². The molecule has 1 N–H and O–H groups in total. The molecule has 1 aromatic heterocycles. The van der Waals surface area contributed by atoms with Crippen LogP contribution in [0.4, 0.5) is 0 Å². The van der Waals surface area contributed by atoms with Gasteiger partial charge in [0, 0.05) is 23.8 Å². The summed E-state index contributed by atoms with van der Waals surface area (Å²) in [7, 11) is 0. The molecule has 1 aromatic rings. The van der Waals surface area contributed by atoms with Crippen molar-refractivity contribution in [1.82, 2.24) is 4.98 Å². The van der Waals surface area contributed by atoms with E-state index in [4.69, 9.17) is 4.74 Å². The van der Waals surface area contributed by atoms with Gasteiger partial charge < -0.3 is 9.84 Å². The van der Waals surface area contributed by atoms with Gasteiger partial charge in [0.25, 0.3) is 0 Å². The Morgan fingerprint density at radius 3 is 2.71 bits per heavy atom. The Labute approximate surface area is 165 Å². The summed E-state index contributed by atoms with van der Waals surface area (Å²) in [6, 6.07) is 1.81. The highest BCUT2D eigenvalue weighted by Crippen LogP contribution is 2.45. The standard InChI is InChI=1S/C23H27NO4/c1-4-6-7-8-9-11-19(25)20-18-13-15-12-16(10-5-2)24-14-17(15)21(26)23(18,3)28-22(20)27/h5,10,12-14,25H,4,6-9,11H2,1-3H3/b10-5+,20-19?. The van der Waals surface area contributed by atoms with Gasteiger partial charge in [-0.1, -0.05) is 38.7 Å². The normalized spacial score (nSPS) is 22.8. The summed E-state index contributed by atoms with van der Waals surface area (Å²) in [4.78, 5) is 29.9. The molecule has 2 aliphatic rings. The van der Waals surface area contributed by atoms with Gasteiger partial charge in [0.2, 0.25) is 5.78 Å². The molecular formula is C23H27NO4. The number of nitrogens with zero attached hydrogens (tertiary/aromatic N) is 1. The molecule has 28 heavy (non-hydrogen) atoms. The second-order valence-electron chi connectivity index (χ2n) is 7.49. The molecule has 5 nitrogen and oxygen atoms in total. The average Bonchev–Trinajstić information content (AvgIpc) is 2.92. The smallest absolute Gasteiger partial charge is 0.343 e. The Morgan fingerprint density at radius 2 is 2.00 bits per heavy atom. The first-order chi connectivity index (χ1) is 13.4. The molecular weight excluding hydrogens is 354 g/mol. The van der Waals surface area contributed by atoms with Crippen molar-refractivity contribution in [3.63, 3.8) is 0 Å². The van der Waals surface area contributed by atoms with Crippen molar-refractivity contribution in [2.75, 3.05) is 0 Å². The maximum Gasteiger partial charge on any atom is 0.343 e. The molecule has 3 rings (SSSR count). The van der Waals surface area contributed by atoms with Crippen molar-refractivity contribution in [2.24, 2.45) is 0 Å². The minimum Gasteiger partial charge on any atom is -0.511 e. The van der Waals surface area contributed by atoms with Crippen LogP contribution < -0.4 is 0 Å². The van der Waals surface area contributed by atoms with Gasteiger partial charge >= 0.3 is 5.97 Å². The van der Waals surface area contributed by atoms with Gasteiger partial charge in [0.05, 0.1) is 5.69 Å². The summed E-state index contributed by atoms with van der Waals surface area (Å²) >= 11 is 0. The number of allylic oxidation sites excluding steroid dienone is 2. The number of fused-ring (bicyclic) bond motifs is 2. The molecule has 148 valence electrons. The first-order valence-electron chi connectivity index (χ1n) is 9.98. The number of rotatable bonds is 7. The van der Waals surface area contributed by atoms with Crippen LogP contribution in [0, 0.1) is 0 Å². The van der Waals surface area contributed by atoms with E-state index in [-0.39, 0.29) is 17.1 Å². The Morgan fingerprint density at radius 1 is 1.25 bits per heavy atom. The van der Waals surface area contributed by atoms with Crippen LogP contribution in [-0.4, -0.2) is 27.4 Å². The number of ether oxygens (including phenoxy) is 1. The van der Waals surface area contributed by atoms with Gasteiger partial charge in [-0.15, -0.1) is 0 Å². The minimum absolute atomic E-state index is 0.00968. The average molecular weight is 381 g/mol. The molecule has 0 aromatic carbocycles. The van der Waals surface area contributed by atoms with Crippen LogP contribution >= 0.6 is 0 Å². The molecule has 1 aliphatic heterocycles. The number of carbonyl (C=O) groups is 2. The Bertz CT molecular complexity index is 894. The van der Waals surface area contributed by atoms with E-state index < -0.39 is 11.6 Å². The molecule has 1 unspecified atom stereocenters. The van der Waals surface area contributed by atoms with Gasteiger partial charge in [-0.2, -0.15) is 0 Å². The van der Waals surface area contributed by atoms with Crippen LogP contribution in [0.2, 0.25) is 0 Å². The summed E-state index contributed by atoms with van der Waals surface area (Å²) in [5.41, 5.74) is 1.02. The fourth-order valence-electron chi connectivity index (χ4n) is 3.78. The molecule has 1 saturated heterocycles. The van der Waals surface area contributed by atoms with Gasteiger partial charge in [-0.25, -0.2) is 4.79 Å². The number of esters is 1. The molecule has 0 spiro atoms. The predicted octanol–water partition coefficient (Wildman–Crippen LogP) is 5.18. The fraction of sp³-hybridized carbons (Fsp3) is 0.435. The van der Waals surface area contributed by atoms with Crippen molar-refractivity contribution in [1.29, 1.82) is 0 Å². The van der Waals surface area contributed by atoms with Crippen LogP contribution in [0.15, 0.2) is 35.2 Å². The quantitative estimate of drug-likeness (QED) is 0.305. The number of Topliss-reactive ketones (excluding diaryl/α,β-unsaturated/α-hetero) is 1. The minimum atomic E-state index is -1.40. The van der Waals surface area contributed by atoms with E-state index in [2.05, 4.69) is 11.9 Å². The summed E-state index contributed by atoms with van der Waals surface area (Å²) < 4.78 is 5.46. The fourth-order valence-corrected chi connectivity index (χ4v) is 3.78. The monoisotopic (exact) mass is 381 g/mol. The second-order valence-corrected chi connectivity index (χ2v) is 7.49. The summed E-state index contributed by atoms with van der Waals surface area (Å²) in [5.74, 6) is -0.934. The van der Waals surface area contributed by atoms with E-state index in [1.807, 2.05) is 25.1 Å². The highest BCUT2D eigenvalue weighted by atomic mass is 16.6. The van der Waals surface area contributed by atoms with Crippen LogP contribution in [-0.2, 0) is 9.53 Å². The lowest BCUT2D eigenvalue weighted by atomic mass is 9.78. The van der Waals surface area contributed by atoms with Crippen LogP contribution in [0.5, 0.6) is 0 Å². The van der Waals surface area contributed by atoms with E-state index in [1.165, 1.54) is 6.20 Å². The number of ketones is 1. The third-order valence-corrected chi connectivity index (χ3v) is 5.36. The molecule has 1 aliphatic carbocycles. The van der Waals surface area contributed by atoms with Crippen molar-refractivity contribution < 1.29 is 19.4 Å². The molecule has 1 atom stereocenters. The van der Waals surface area contributed by atoms with Gasteiger partial charge in [0.15, 0.2) is 5.60 Å². The third kappa shape index (κ3) is 3.53. The maximum atomic E-state index is 13.1. The van der Waals surface area contributed by atoms with Crippen LogP contribution in [0.1, 0.15) is 80.9 Å². The lowest BCUT2D eigenvalue weighted by molar-refractivity contribution is -0.141. The lowest BCUT2D eigenvalue weighted by Gasteiger charge is -2.27. The van der Waals surface area contributed by atoms with Crippen LogP contribution in [0.3, 0.4) is 0 Å². The highest BCUT2D eigenvalue weighted by Gasteiger charge is 2.54. The Kier molecular flexibility index (Phi) is 5.82. The number of unbranched alkanes of at least 4 members (excludes halogenated alkanes) is 4. The summed E-state index contributed by atoms with van der Waals surface area (Å²) in [6.45, 7) is 5.63. The Hall–Kier alpha value is -2.69. The number of hydrogen-bond donors (Lipinski definition) is 1. The number of aromatic nitrogens is 1. The third-order valence-electron chi connectivity index (χ3n) is 5.36. The topological polar surface area (TPSA) is 76.5 Å². The maximum absolute atomic E-state index is 13.1. The van der Waals surface area contributed by atoms with Gasteiger partial charge in [0.1, 0.15) is 11.3 Å². The predicted molar refractivity (Wildman–Crippen MR) is 109 cm³/mol. The zero-order valence-corrected chi connectivity index (χ0v) is 16.7. The molecule has 5 heteroatoms. The van der Waals surface area contributed by atoms with E-state index >= 15 is 0 Å². The molecule has 2 heterocycles. The van der Waals surface area contributed by atoms with Gasteiger partial charge in [-0.05, 0) is 44.1 Å². The largest absolute Gasteiger partial charge is 0.511 e. The number of carbonyl (C=O) groups excluding carboxylic acids is 2. The van der Waals surface area contributed by atoms with Crippen molar-refractivity contribution >= 4 is 23.9 Å². The number of hydrogen-bond acceptors (Lipinski definition) is 5. The van der Waals surface area contributed by atoms with Crippen molar-refractivity contribution in [2.45, 2.75) is 64.9 Å². The van der Waals surface area contributed by atoms with Crippen molar-refractivity contribution in [3.05, 3.63) is 52.1 Å². The summed E-state index contributed by atoms with van der Waals surface area (Å²) in [6.07, 6.45) is 12.6. The van der Waals surface area contributed by atoms with E-state index in [0.717, 1.165) is 37.8 Å². The molecule has 0 bridgehead atoms. The van der Waals surface area contributed by atoms with Crippen molar-refractivity contribution in [3.8, 4) is 0 Å². The second kappa shape index (κ2) is 8.13. The van der Waals surface area contributed by atoms with Crippen LogP contribution in [0.25, 0.3) is 12.2 Å². The summed E-state index contributed by atoms with van der Waals surface area (Å²) in [5, 5.41) is 10.6. The molecule has 1 fully saturated rings. The number of aliphatic hydroxyl groups is 1. The SMILES string of the molecule is C/C=C/c1cc2c(cn1)C(=O)C1(C)OC(=O)C(=C(O)CCCCCCC)C1=C2. The lowest BCUT2D eigenvalue weighted by Crippen LogP contribution is -2.39. The molecule has 0 amide bonds. The van der Waals surface area contributed by atoms with Gasteiger partial charge in [-0.3, -0.25) is 9.78 Å².